The molecule has 152 valence electrons. The van der Waals surface area contributed by atoms with Gasteiger partial charge in [-0.1, -0.05) is 0 Å². The number of Topliss-reactive ketones (excluding diaryl/α,β-unsaturated/α-hetero) is 1. The number of aryl methyl sites for hydroxylation is 3. The van der Waals surface area contributed by atoms with Gasteiger partial charge in [0.05, 0.1) is 11.5 Å². The van der Waals surface area contributed by atoms with Gasteiger partial charge in [-0.25, -0.2) is 13.2 Å². The largest absolute Gasteiger partial charge is 0.465 e. The molecule has 1 unspecified atom stereocenters. The highest BCUT2D eigenvalue weighted by molar-refractivity contribution is 7.91. The van der Waals surface area contributed by atoms with E-state index in [1.807, 2.05) is 11.5 Å². The standard InChI is InChI=1S/C20H25NO6S/c1-11-8-17(13(3)21(11)16-6-7-28(24,25)10-16)18(22)9-26-20(23)19-12(2)14(4)27-15(19)5/h8,16H,6-7,9-10H2,1-5H3. The molecule has 3 heterocycles. The smallest absolute Gasteiger partial charge is 0.342 e. The van der Waals surface area contributed by atoms with E-state index in [4.69, 9.17) is 9.15 Å². The number of rotatable bonds is 5. The summed E-state index contributed by atoms with van der Waals surface area (Å²) in [7, 11) is -3.03. The summed E-state index contributed by atoms with van der Waals surface area (Å²) in [6, 6.07) is 1.57. The molecule has 0 bridgehead atoms. The highest BCUT2D eigenvalue weighted by Gasteiger charge is 2.32. The van der Waals surface area contributed by atoms with Crippen molar-refractivity contribution in [1.29, 1.82) is 0 Å². The van der Waals surface area contributed by atoms with Crippen LogP contribution in [0.4, 0.5) is 0 Å². The van der Waals surface area contributed by atoms with Crippen LogP contribution in [0.2, 0.25) is 0 Å². The molecular weight excluding hydrogens is 382 g/mol. The molecule has 0 spiro atoms. The molecule has 2 aromatic rings. The predicted molar refractivity (Wildman–Crippen MR) is 104 cm³/mol. The second-order valence-corrected chi connectivity index (χ2v) is 9.65. The normalized spacial score (nSPS) is 18.4. The Morgan fingerprint density at radius 1 is 1.18 bits per heavy atom. The van der Waals surface area contributed by atoms with Crippen LogP contribution in [0.5, 0.6) is 0 Å². The lowest BCUT2D eigenvalue weighted by Crippen LogP contribution is -2.17. The first-order valence-electron chi connectivity index (χ1n) is 9.17. The third-order valence-electron chi connectivity index (χ3n) is 5.46. The van der Waals surface area contributed by atoms with Gasteiger partial charge in [-0.3, -0.25) is 4.79 Å². The Kier molecular flexibility index (Phi) is 5.27. The zero-order chi connectivity index (χ0) is 20.8. The molecule has 0 saturated carbocycles. The fraction of sp³-hybridized carbons (Fsp3) is 0.500. The van der Waals surface area contributed by atoms with E-state index in [9.17, 15) is 18.0 Å². The van der Waals surface area contributed by atoms with Crippen molar-refractivity contribution in [3.63, 3.8) is 0 Å². The average Bonchev–Trinajstić information content (AvgIpc) is 3.19. The summed E-state index contributed by atoms with van der Waals surface area (Å²) in [5, 5.41) is 0. The van der Waals surface area contributed by atoms with Crippen LogP contribution < -0.4 is 0 Å². The molecule has 1 fully saturated rings. The van der Waals surface area contributed by atoms with E-state index < -0.39 is 15.8 Å². The van der Waals surface area contributed by atoms with Crippen molar-refractivity contribution in [1.82, 2.24) is 4.57 Å². The molecule has 1 aliphatic rings. The van der Waals surface area contributed by atoms with Crippen molar-refractivity contribution < 1.29 is 27.2 Å². The van der Waals surface area contributed by atoms with Crippen molar-refractivity contribution in [2.24, 2.45) is 0 Å². The van der Waals surface area contributed by atoms with E-state index in [0.29, 0.717) is 40.3 Å². The lowest BCUT2D eigenvalue weighted by molar-refractivity contribution is 0.0472. The summed E-state index contributed by atoms with van der Waals surface area (Å²) in [5.74, 6) is 0.460. The van der Waals surface area contributed by atoms with Crippen LogP contribution in [0.1, 0.15) is 61.7 Å². The minimum absolute atomic E-state index is 0.0877. The Bertz CT molecular complexity index is 1060. The molecule has 0 N–H and O–H groups in total. The number of carbonyl (C=O) groups is 2. The van der Waals surface area contributed by atoms with Crippen LogP contribution in [-0.4, -0.2) is 42.9 Å². The van der Waals surface area contributed by atoms with Gasteiger partial charge in [0.1, 0.15) is 17.1 Å². The number of esters is 1. The SMILES string of the molecule is Cc1oc(C)c(C(=O)OCC(=O)c2cc(C)n(C3CCS(=O)(=O)C3)c2C)c1C. The zero-order valence-electron chi connectivity index (χ0n) is 16.8. The van der Waals surface area contributed by atoms with E-state index in [1.165, 1.54) is 0 Å². The molecule has 7 nitrogen and oxygen atoms in total. The first-order valence-corrected chi connectivity index (χ1v) is 11.0. The molecule has 0 aromatic carbocycles. The zero-order valence-corrected chi connectivity index (χ0v) is 17.6. The Balaban J connectivity index is 1.75. The first-order chi connectivity index (χ1) is 13.0. The summed E-state index contributed by atoms with van der Waals surface area (Å²) < 4.78 is 36.2. The number of hydrogen-bond acceptors (Lipinski definition) is 6. The van der Waals surface area contributed by atoms with Crippen LogP contribution in [0.25, 0.3) is 0 Å². The van der Waals surface area contributed by atoms with Gasteiger partial charge in [0.25, 0.3) is 0 Å². The second kappa shape index (κ2) is 7.24. The molecule has 0 amide bonds. The Hall–Kier alpha value is -2.35. The average molecular weight is 407 g/mol. The number of carbonyl (C=O) groups excluding carboxylic acids is 2. The lowest BCUT2D eigenvalue weighted by atomic mass is 10.1. The molecule has 8 heteroatoms. The first kappa shape index (κ1) is 20.4. The highest BCUT2D eigenvalue weighted by atomic mass is 32.2. The van der Waals surface area contributed by atoms with Crippen LogP contribution in [-0.2, 0) is 14.6 Å². The Morgan fingerprint density at radius 3 is 2.39 bits per heavy atom. The maximum Gasteiger partial charge on any atom is 0.342 e. The minimum Gasteiger partial charge on any atom is -0.465 e. The monoisotopic (exact) mass is 407 g/mol. The van der Waals surface area contributed by atoms with E-state index in [-0.39, 0.29) is 29.9 Å². The summed E-state index contributed by atoms with van der Waals surface area (Å²) in [6.45, 7) is 8.48. The summed E-state index contributed by atoms with van der Waals surface area (Å²) in [6.07, 6.45) is 0.541. The van der Waals surface area contributed by atoms with E-state index in [1.54, 1.807) is 33.8 Å². The molecule has 2 aromatic heterocycles. The third kappa shape index (κ3) is 3.65. The van der Waals surface area contributed by atoms with Gasteiger partial charge in [-0.2, -0.15) is 0 Å². The van der Waals surface area contributed by atoms with Crippen molar-refractivity contribution in [3.05, 3.63) is 45.7 Å². The maximum absolute atomic E-state index is 12.7. The molecule has 0 radical (unpaired) electrons. The minimum atomic E-state index is -3.03. The molecule has 1 aliphatic heterocycles. The van der Waals surface area contributed by atoms with E-state index in [2.05, 4.69) is 0 Å². The Labute approximate surface area is 164 Å². The highest BCUT2D eigenvalue weighted by Crippen LogP contribution is 2.29. The summed E-state index contributed by atoms with van der Waals surface area (Å²) >= 11 is 0. The van der Waals surface area contributed by atoms with Gasteiger partial charge in [0, 0.05) is 28.6 Å². The van der Waals surface area contributed by atoms with Gasteiger partial charge in [-0.15, -0.1) is 0 Å². The molecule has 1 saturated heterocycles. The topological polar surface area (TPSA) is 95.6 Å². The quantitative estimate of drug-likeness (QED) is 0.558. The second-order valence-electron chi connectivity index (χ2n) is 7.43. The van der Waals surface area contributed by atoms with Crippen molar-refractivity contribution in [2.75, 3.05) is 18.1 Å². The number of nitrogens with zero attached hydrogens (tertiary/aromatic N) is 1. The van der Waals surface area contributed by atoms with Crippen LogP contribution in [0, 0.1) is 34.6 Å². The number of hydrogen-bond donors (Lipinski definition) is 0. The number of furan rings is 1. The van der Waals surface area contributed by atoms with Crippen LogP contribution in [0.3, 0.4) is 0 Å². The molecule has 28 heavy (non-hydrogen) atoms. The van der Waals surface area contributed by atoms with Gasteiger partial charge < -0.3 is 13.7 Å². The van der Waals surface area contributed by atoms with Crippen LogP contribution in [0.15, 0.2) is 10.5 Å². The fourth-order valence-electron chi connectivity index (χ4n) is 3.98. The number of ketones is 1. The lowest BCUT2D eigenvalue weighted by Gasteiger charge is -2.16. The molecule has 1 atom stereocenters. The van der Waals surface area contributed by atoms with Crippen LogP contribution >= 0.6 is 0 Å². The van der Waals surface area contributed by atoms with Crippen molar-refractivity contribution in [2.45, 2.75) is 47.1 Å². The number of ether oxygens (including phenoxy) is 1. The van der Waals surface area contributed by atoms with E-state index >= 15 is 0 Å². The number of sulfone groups is 1. The van der Waals surface area contributed by atoms with Gasteiger partial charge in [-0.05, 0) is 47.1 Å². The fourth-order valence-corrected chi connectivity index (χ4v) is 5.68. The van der Waals surface area contributed by atoms with Crippen molar-refractivity contribution >= 4 is 21.6 Å². The van der Waals surface area contributed by atoms with Crippen molar-refractivity contribution in [3.8, 4) is 0 Å². The molecular formula is C20H25NO6S. The van der Waals surface area contributed by atoms with Gasteiger partial charge in [0.2, 0.25) is 5.78 Å². The number of aromatic nitrogens is 1. The summed E-state index contributed by atoms with van der Waals surface area (Å²) in [5.41, 5.74) is 3.03. The maximum atomic E-state index is 12.7. The summed E-state index contributed by atoms with van der Waals surface area (Å²) in [4.78, 5) is 25.0. The third-order valence-corrected chi connectivity index (χ3v) is 7.21. The van der Waals surface area contributed by atoms with E-state index in [0.717, 1.165) is 5.69 Å². The Morgan fingerprint density at radius 2 is 1.86 bits per heavy atom. The van der Waals surface area contributed by atoms with Gasteiger partial charge in [0.15, 0.2) is 16.4 Å². The molecule has 3 rings (SSSR count). The van der Waals surface area contributed by atoms with Gasteiger partial charge >= 0.3 is 5.97 Å². The predicted octanol–water partition coefficient (Wildman–Crippen LogP) is 3.02. The molecule has 0 aliphatic carbocycles.